The molecule has 0 aliphatic rings. The number of nitrogens with zero attached hydrogens (tertiary/aromatic N) is 2. The van der Waals surface area contributed by atoms with Crippen molar-refractivity contribution >= 4 is 21.2 Å². The van der Waals surface area contributed by atoms with Crippen molar-refractivity contribution in [2.45, 2.75) is 13.3 Å². The molecule has 0 aliphatic carbocycles. The molecule has 0 saturated heterocycles. The first kappa shape index (κ1) is 10.9. The Morgan fingerprint density at radius 1 is 1.44 bits per heavy atom. The molecule has 1 N–H and O–H groups in total. The van der Waals surface area contributed by atoms with Crippen LogP contribution in [0.1, 0.15) is 13.3 Å². The van der Waals surface area contributed by atoms with Crippen molar-refractivity contribution in [3.8, 4) is 0 Å². The number of nitrogens with one attached hydrogen (secondary N) is 1. The normalized spacial score (nSPS) is 11.8. The van der Waals surface area contributed by atoms with Gasteiger partial charge < -0.3 is 0 Å². The monoisotopic (exact) mass is 239 g/mol. The summed E-state index contributed by atoms with van der Waals surface area (Å²) in [5, 5.41) is 4.03. The summed E-state index contributed by atoms with van der Waals surface area (Å²) in [5.41, 5.74) is 1.43. The average molecular weight is 239 g/mol. The van der Waals surface area contributed by atoms with E-state index in [1.54, 1.807) is 29.0 Å². The van der Waals surface area contributed by atoms with Crippen molar-refractivity contribution < 1.29 is 8.42 Å². The van der Waals surface area contributed by atoms with Crippen LogP contribution in [0.2, 0.25) is 0 Å². The first-order valence-corrected chi connectivity index (χ1v) is 6.70. The van der Waals surface area contributed by atoms with Crippen molar-refractivity contribution in [2.75, 3.05) is 10.5 Å². The molecule has 2 heterocycles. The molecule has 0 bridgehead atoms. The van der Waals surface area contributed by atoms with Crippen LogP contribution < -0.4 is 4.72 Å². The van der Waals surface area contributed by atoms with E-state index >= 15 is 0 Å². The molecular weight excluding hydrogens is 226 g/mol. The summed E-state index contributed by atoms with van der Waals surface area (Å²) in [6, 6.07) is 5.25. The van der Waals surface area contributed by atoms with Crippen molar-refractivity contribution in [1.29, 1.82) is 0 Å². The quantitative estimate of drug-likeness (QED) is 0.879. The smallest absolute Gasteiger partial charge is 0.232 e. The molecule has 0 unspecified atom stereocenters. The maximum Gasteiger partial charge on any atom is 0.232 e. The first-order chi connectivity index (χ1) is 7.61. The van der Waals surface area contributed by atoms with E-state index in [4.69, 9.17) is 0 Å². The Bertz CT molecular complexity index is 589. The van der Waals surface area contributed by atoms with Crippen LogP contribution in [0.5, 0.6) is 0 Å². The maximum absolute atomic E-state index is 11.5. The second-order valence-electron chi connectivity index (χ2n) is 3.54. The highest BCUT2D eigenvalue weighted by Gasteiger charge is 2.08. The summed E-state index contributed by atoms with van der Waals surface area (Å²) in [7, 11) is -3.22. The summed E-state index contributed by atoms with van der Waals surface area (Å²) in [4.78, 5) is 0. The lowest BCUT2D eigenvalue weighted by Crippen LogP contribution is -2.16. The minimum absolute atomic E-state index is 0.136. The number of anilines is 1. The Morgan fingerprint density at radius 3 is 3.00 bits per heavy atom. The standard InChI is InChI=1S/C10H13N3O2S/c1-2-7-16(14,15)12-9-4-6-13-10(8-9)3-5-11-13/h3-6,8,12H,2,7H2,1H3. The van der Waals surface area contributed by atoms with Crippen LogP contribution in [-0.4, -0.2) is 23.8 Å². The van der Waals surface area contributed by atoms with Crippen LogP contribution in [0.15, 0.2) is 30.6 Å². The predicted molar refractivity (Wildman–Crippen MR) is 62.9 cm³/mol. The molecule has 0 saturated carbocycles. The lowest BCUT2D eigenvalue weighted by molar-refractivity contribution is 0.600. The van der Waals surface area contributed by atoms with Crippen molar-refractivity contribution in [3.63, 3.8) is 0 Å². The molecule has 5 nitrogen and oxygen atoms in total. The van der Waals surface area contributed by atoms with Crippen LogP contribution in [0.25, 0.3) is 5.52 Å². The molecule has 2 aromatic heterocycles. The summed E-state index contributed by atoms with van der Waals surface area (Å²) in [6.07, 6.45) is 3.99. The molecule has 86 valence electrons. The highest BCUT2D eigenvalue weighted by Crippen LogP contribution is 2.13. The Balaban J connectivity index is 2.27. The fourth-order valence-electron chi connectivity index (χ4n) is 1.48. The SMILES string of the molecule is CCCS(=O)(=O)Nc1ccn2nccc2c1. The van der Waals surface area contributed by atoms with Gasteiger partial charge in [-0.2, -0.15) is 5.10 Å². The number of rotatable bonds is 4. The van der Waals surface area contributed by atoms with E-state index in [0.29, 0.717) is 12.1 Å². The van der Waals surface area contributed by atoms with Gasteiger partial charge in [0.15, 0.2) is 0 Å². The van der Waals surface area contributed by atoms with E-state index < -0.39 is 10.0 Å². The van der Waals surface area contributed by atoms with Crippen LogP contribution >= 0.6 is 0 Å². The molecular formula is C10H13N3O2S. The summed E-state index contributed by atoms with van der Waals surface area (Å²) >= 11 is 0. The van der Waals surface area contributed by atoms with E-state index in [0.717, 1.165) is 5.52 Å². The third kappa shape index (κ3) is 2.33. The minimum atomic E-state index is -3.22. The number of aromatic nitrogens is 2. The number of sulfonamides is 1. The molecule has 0 fully saturated rings. The van der Waals surface area contributed by atoms with Crippen molar-refractivity contribution in [1.82, 2.24) is 9.61 Å². The topological polar surface area (TPSA) is 63.5 Å². The van der Waals surface area contributed by atoms with E-state index in [2.05, 4.69) is 9.82 Å². The number of hydrogen-bond acceptors (Lipinski definition) is 3. The molecule has 0 radical (unpaired) electrons. The van der Waals surface area contributed by atoms with Gasteiger partial charge >= 0.3 is 0 Å². The van der Waals surface area contributed by atoms with Gasteiger partial charge in [0.05, 0.1) is 17.0 Å². The van der Waals surface area contributed by atoms with Crippen LogP contribution in [-0.2, 0) is 10.0 Å². The lowest BCUT2D eigenvalue weighted by Gasteiger charge is -2.06. The molecule has 0 amide bonds. The van der Waals surface area contributed by atoms with Gasteiger partial charge in [-0.3, -0.25) is 4.72 Å². The molecule has 0 atom stereocenters. The second kappa shape index (κ2) is 4.13. The highest BCUT2D eigenvalue weighted by molar-refractivity contribution is 7.92. The Morgan fingerprint density at radius 2 is 2.25 bits per heavy atom. The number of hydrogen-bond donors (Lipinski definition) is 1. The molecule has 2 aromatic rings. The fourth-order valence-corrected chi connectivity index (χ4v) is 2.61. The fraction of sp³-hybridized carbons (Fsp3) is 0.300. The zero-order valence-electron chi connectivity index (χ0n) is 8.92. The van der Waals surface area contributed by atoms with Gasteiger partial charge in [-0.05, 0) is 24.6 Å². The zero-order chi connectivity index (χ0) is 11.6. The molecule has 0 aromatic carbocycles. The number of pyridine rings is 1. The zero-order valence-corrected chi connectivity index (χ0v) is 9.74. The highest BCUT2D eigenvalue weighted by atomic mass is 32.2. The van der Waals surface area contributed by atoms with Crippen molar-refractivity contribution in [3.05, 3.63) is 30.6 Å². The van der Waals surface area contributed by atoms with E-state index in [9.17, 15) is 8.42 Å². The van der Waals surface area contributed by atoms with Gasteiger partial charge in [0.2, 0.25) is 10.0 Å². The van der Waals surface area contributed by atoms with Crippen LogP contribution in [0, 0.1) is 0 Å². The van der Waals surface area contributed by atoms with Crippen LogP contribution in [0.4, 0.5) is 5.69 Å². The van der Waals surface area contributed by atoms with Gasteiger partial charge in [0.25, 0.3) is 0 Å². The van der Waals surface area contributed by atoms with E-state index in [1.165, 1.54) is 0 Å². The third-order valence-electron chi connectivity index (χ3n) is 2.15. The molecule has 0 aliphatic heterocycles. The van der Waals surface area contributed by atoms with Gasteiger partial charge in [-0.15, -0.1) is 0 Å². The summed E-state index contributed by atoms with van der Waals surface area (Å²) in [5.74, 6) is 0.136. The molecule has 6 heteroatoms. The third-order valence-corrected chi connectivity index (χ3v) is 3.64. The molecule has 0 spiro atoms. The Labute approximate surface area is 94.1 Å². The summed E-state index contributed by atoms with van der Waals surface area (Å²) in [6.45, 7) is 1.83. The molecule has 2 rings (SSSR count). The summed E-state index contributed by atoms with van der Waals surface area (Å²) < 4.78 is 27.3. The van der Waals surface area contributed by atoms with Gasteiger partial charge in [-0.1, -0.05) is 6.92 Å². The van der Waals surface area contributed by atoms with E-state index in [1.807, 2.05) is 13.0 Å². The predicted octanol–water partition coefficient (Wildman–Crippen LogP) is 1.49. The van der Waals surface area contributed by atoms with Gasteiger partial charge in [-0.25, -0.2) is 12.9 Å². The van der Waals surface area contributed by atoms with E-state index in [-0.39, 0.29) is 5.75 Å². The second-order valence-corrected chi connectivity index (χ2v) is 5.38. The van der Waals surface area contributed by atoms with Gasteiger partial charge in [0.1, 0.15) is 0 Å². The minimum Gasteiger partial charge on any atom is -0.283 e. The average Bonchev–Trinajstić information content (AvgIpc) is 2.63. The largest absolute Gasteiger partial charge is 0.283 e. The van der Waals surface area contributed by atoms with Gasteiger partial charge in [0, 0.05) is 12.4 Å². The first-order valence-electron chi connectivity index (χ1n) is 5.04. The Kier molecular flexibility index (Phi) is 2.82. The van der Waals surface area contributed by atoms with Crippen molar-refractivity contribution in [2.24, 2.45) is 0 Å². The molecule has 16 heavy (non-hydrogen) atoms. The van der Waals surface area contributed by atoms with Crippen LogP contribution in [0.3, 0.4) is 0 Å². The number of fused-ring (bicyclic) bond motifs is 1. The Hall–Kier alpha value is -1.56. The maximum atomic E-state index is 11.5. The lowest BCUT2D eigenvalue weighted by atomic mass is 10.4.